The van der Waals surface area contributed by atoms with Gasteiger partial charge in [-0.3, -0.25) is 4.90 Å². The second kappa shape index (κ2) is 5.63. The molecule has 22 heavy (non-hydrogen) atoms. The Balaban J connectivity index is 1.85. The molecule has 0 radical (unpaired) electrons. The lowest BCUT2D eigenvalue weighted by atomic mass is 10.2. The second-order valence-corrected chi connectivity index (χ2v) is 5.12. The fourth-order valence-corrected chi connectivity index (χ4v) is 2.49. The molecule has 2 aromatic carbocycles. The lowest BCUT2D eigenvalue weighted by molar-refractivity contribution is 0.256. The minimum absolute atomic E-state index is 0.0391. The topological polar surface area (TPSA) is 35.6 Å². The molecule has 0 saturated carbocycles. The number of hydrogen-bond donors (Lipinski definition) is 1. The Labute approximate surface area is 127 Å². The minimum atomic E-state index is -0.796. The summed E-state index contributed by atoms with van der Waals surface area (Å²) in [7, 11) is 1.95. The number of para-hydroxylation sites is 2. The van der Waals surface area contributed by atoms with Crippen LogP contribution in [-0.4, -0.2) is 26.2 Å². The van der Waals surface area contributed by atoms with E-state index in [4.69, 9.17) is 0 Å². The van der Waals surface area contributed by atoms with Crippen LogP contribution in [0, 0.1) is 11.6 Å². The van der Waals surface area contributed by atoms with E-state index in [1.54, 1.807) is 4.90 Å². The first-order chi connectivity index (χ1) is 10.6. The van der Waals surface area contributed by atoms with E-state index in [1.807, 2.05) is 31.3 Å². The summed E-state index contributed by atoms with van der Waals surface area (Å²) in [6, 6.07) is 10.1. The van der Waals surface area contributed by atoms with Crippen molar-refractivity contribution in [3.05, 3.63) is 54.1 Å². The van der Waals surface area contributed by atoms with Gasteiger partial charge in [0.15, 0.2) is 0 Å². The normalized spacial score (nSPS) is 13.8. The third-order valence-electron chi connectivity index (χ3n) is 3.66. The van der Waals surface area contributed by atoms with Crippen molar-refractivity contribution in [1.82, 2.24) is 0 Å². The number of nitrogens with one attached hydrogen (secondary N) is 1. The molecule has 0 saturated heterocycles. The highest BCUT2D eigenvalue weighted by Gasteiger charge is 2.25. The number of fused-ring (bicyclic) bond motifs is 1. The van der Waals surface area contributed by atoms with Gasteiger partial charge in [0.05, 0.1) is 17.1 Å². The van der Waals surface area contributed by atoms with Crippen LogP contribution in [0.25, 0.3) is 0 Å². The largest absolute Gasteiger partial charge is 0.371 e. The molecule has 1 heterocycles. The van der Waals surface area contributed by atoms with Crippen LogP contribution in [0.3, 0.4) is 0 Å². The summed E-state index contributed by atoms with van der Waals surface area (Å²) in [5.41, 5.74) is 1.66. The Morgan fingerprint density at radius 1 is 1.09 bits per heavy atom. The molecule has 0 bridgehead atoms. The van der Waals surface area contributed by atoms with Crippen LogP contribution >= 0.6 is 0 Å². The van der Waals surface area contributed by atoms with Crippen molar-refractivity contribution >= 4 is 23.1 Å². The third kappa shape index (κ3) is 2.59. The van der Waals surface area contributed by atoms with Crippen LogP contribution in [0.4, 0.5) is 30.6 Å². The molecule has 114 valence electrons. The lowest BCUT2D eigenvalue weighted by Crippen LogP contribution is -2.44. The number of halogens is 2. The second-order valence-electron chi connectivity index (χ2n) is 5.12. The number of amides is 2. The highest BCUT2D eigenvalue weighted by Crippen LogP contribution is 2.32. The highest BCUT2D eigenvalue weighted by atomic mass is 19.1. The smallest absolute Gasteiger partial charge is 0.326 e. The predicted octanol–water partition coefficient (Wildman–Crippen LogP) is 3.45. The van der Waals surface area contributed by atoms with Gasteiger partial charge in [-0.05, 0) is 24.3 Å². The summed E-state index contributed by atoms with van der Waals surface area (Å²) in [5, 5.41) is 2.49. The Morgan fingerprint density at radius 2 is 1.82 bits per heavy atom. The maximum Gasteiger partial charge on any atom is 0.326 e. The molecule has 0 aliphatic carbocycles. The van der Waals surface area contributed by atoms with Gasteiger partial charge in [-0.2, -0.15) is 0 Å². The van der Waals surface area contributed by atoms with Crippen LogP contribution in [0.2, 0.25) is 0 Å². The predicted molar refractivity (Wildman–Crippen MR) is 82.4 cm³/mol. The maximum absolute atomic E-state index is 13.7. The Kier molecular flexibility index (Phi) is 3.66. The number of nitrogens with zero attached hydrogens (tertiary/aromatic N) is 2. The Morgan fingerprint density at radius 3 is 2.55 bits per heavy atom. The molecule has 0 atom stereocenters. The van der Waals surface area contributed by atoms with Crippen LogP contribution < -0.4 is 15.1 Å². The molecule has 2 amide bonds. The molecule has 0 fully saturated rings. The summed E-state index contributed by atoms with van der Waals surface area (Å²) >= 11 is 0. The van der Waals surface area contributed by atoms with E-state index in [1.165, 1.54) is 6.07 Å². The number of benzene rings is 2. The zero-order valence-electron chi connectivity index (χ0n) is 12.0. The monoisotopic (exact) mass is 303 g/mol. The maximum atomic E-state index is 13.7. The van der Waals surface area contributed by atoms with Gasteiger partial charge >= 0.3 is 6.03 Å². The zero-order chi connectivity index (χ0) is 15.7. The number of carbonyl (C=O) groups is 1. The molecule has 2 aromatic rings. The van der Waals surface area contributed by atoms with Gasteiger partial charge in [-0.1, -0.05) is 12.1 Å². The molecule has 0 aromatic heterocycles. The minimum Gasteiger partial charge on any atom is -0.371 e. The number of anilines is 3. The summed E-state index contributed by atoms with van der Waals surface area (Å²) < 4.78 is 26.6. The van der Waals surface area contributed by atoms with Crippen molar-refractivity contribution in [3.63, 3.8) is 0 Å². The van der Waals surface area contributed by atoms with Gasteiger partial charge in [-0.25, -0.2) is 13.6 Å². The van der Waals surface area contributed by atoms with E-state index in [9.17, 15) is 13.6 Å². The molecule has 4 nitrogen and oxygen atoms in total. The Hall–Kier alpha value is -2.63. The fraction of sp³-hybridized carbons (Fsp3) is 0.188. The first-order valence-electron chi connectivity index (χ1n) is 6.90. The van der Waals surface area contributed by atoms with E-state index in [0.717, 1.165) is 23.5 Å². The molecule has 0 unspecified atom stereocenters. The van der Waals surface area contributed by atoms with E-state index in [-0.39, 0.29) is 5.69 Å². The molecule has 1 aliphatic rings. The number of urea groups is 1. The van der Waals surface area contributed by atoms with Gasteiger partial charge < -0.3 is 10.2 Å². The van der Waals surface area contributed by atoms with Crippen molar-refractivity contribution in [2.24, 2.45) is 0 Å². The Bertz CT molecular complexity index is 720. The first kappa shape index (κ1) is 14.3. The number of carbonyl (C=O) groups excluding carboxylic acids is 1. The van der Waals surface area contributed by atoms with Gasteiger partial charge in [0, 0.05) is 26.2 Å². The molecule has 6 heteroatoms. The molecular formula is C16H15F2N3O. The highest BCUT2D eigenvalue weighted by molar-refractivity contribution is 6.04. The summed E-state index contributed by atoms with van der Waals surface area (Å²) in [4.78, 5) is 16.0. The number of likely N-dealkylation sites (N-methyl/N-ethyl adjacent to an activating group) is 1. The quantitative estimate of drug-likeness (QED) is 0.876. The SMILES string of the molecule is CN1CCN(C(=O)Nc2ccc(F)cc2F)c2ccccc21. The number of hydrogen-bond acceptors (Lipinski definition) is 2. The van der Waals surface area contributed by atoms with Gasteiger partial charge in [0.2, 0.25) is 0 Å². The van der Waals surface area contributed by atoms with E-state index in [2.05, 4.69) is 10.2 Å². The summed E-state index contributed by atoms with van der Waals surface area (Å²) in [6.07, 6.45) is 0. The van der Waals surface area contributed by atoms with Gasteiger partial charge in [-0.15, -0.1) is 0 Å². The third-order valence-corrected chi connectivity index (χ3v) is 3.66. The van der Waals surface area contributed by atoms with Crippen molar-refractivity contribution in [1.29, 1.82) is 0 Å². The van der Waals surface area contributed by atoms with E-state index < -0.39 is 17.7 Å². The first-order valence-corrected chi connectivity index (χ1v) is 6.90. The van der Waals surface area contributed by atoms with Crippen LogP contribution in [0.1, 0.15) is 0 Å². The van der Waals surface area contributed by atoms with Crippen LogP contribution in [0.15, 0.2) is 42.5 Å². The molecule has 3 rings (SSSR count). The average molecular weight is 303 g/mol. The van der Waals surface area contributed by atoms with Gasteiger partial charge in [0.1, 0.15) is 11.6 Å². The lowest BCUT2D eigenvalue weighted by Gasteiger charge is -2.35. The number of rotatable bonds is 1. The molecular weight excluding hydrogens is 288 g/mol. The van der Waals surface area contributed by atoms with Crippen molar-refractivity contribution < 1.29 is 13.6 Å². The van der Waals surface area contributed by atoms with Crippen LogP contribution in [-0.2, 0) is 0 Å². The van der Waals surface area contributed by atoms with Crippen molar-refractivity contribution in [2.45, 2.75) is 0 Å². The summed E-state index contributed by atoms with van der Waals surface area (Å²) in [5.74, 6) is -1.48. The standard InChI is InChI=1S/C16H15F2N3O/c1-20-8-9-21(15-5-3-2-4-14(15)20)16(22)19-13-7-6-11(17)10-12(13)18/h2-7,10H,8-9H2,1H3,(H,19,22). The molecule has 1 aliphatic heterocycles. The summed E-state index contributed by atoms with van der Waals surface area (Å²) in [6.45, 7) is 1.17. The van der Waals surface area contributed by atoms with E-state index >= 15 is 0 Å². The van der Waals surface area contributed by atoms with Crippen molar-refractivity contribution in [2.75, 3.05) is 35.3 Å². The molecule has 0 spiro atoms. The van der Waals surface area contributed by atoms with Crippen molar-refractivity contribution in [3.8, 4) is 0 Å². The zero-order valence-corrected chi connectivity index (χ0v) is 12.0. The van der Waals surface area contributed by atoms with Crippen LogP contribution in [0.5, 0.6) is 0 Å². The van der Waals surface area contributed by atoms with E-state index in [0.29, 0.717) is 13.1 Å². The molecule has 1 N–H and O–H groups in total. The average Bonchev–Trinajstić information content (AvgIpc) is 2.50. The fourth-order valence-electron chi connectivity index (χ4n) is 2.49. The van der Waals surface area contributed by atoms with Gasteiger partial charge in [0.25, 0.3) is 0 Å².